The third kappa shape index (κ3) is 2.83. The van der Waals surface area contributed by atoms with Crippen LogP contribution in [0, 0.1) is 0 Å². The smallest absolute Gasteiger partial charge is 0.226 e. The van der Waals surface area contributed by atoms with Gasteiger partial charge >= 0.3 is 0 Å². The van der Waals surface area contributed by atoms with Gasteiger partial charge in [0.1, 0.15) is 0 Å². The summed E-state index contributed by atoms with van der Waals surface area (Å²) in [6.45, 7) is 3.93. The molecule has 0 unspecified atom stereocenters. The summed E-state index contributed by atoms with van der Waals surface area (Å²) in [6.07, 6.45) is 0. The molecule has 5 heteroatoms. The second-order valence-electron chi connectivity index (χ2n) is 6.16. The Labute approximate surface area is 146 Å². The maximum absolute atomic E-state index is 6.44. The average molecular weight is 339 g/mol. The highest BCUT2D eigenvalue weighted by atomic mass is 35.5. The molecule has 2 heterocycles. The molecule has 0 aliphatic carbocycles. The first kappa shape index (κ1) is 15.4. The van der Waals surface area contributed by atoms with Crippen molar-refractivity contribution in [3.63, 3.8) is 0 Å². The molecule has 0 saturated carbocycles. The van der Waals surface area contributed by atoms with Crippen molar-refractivity contribution < 1.29 is 0 Å². The number of aromatic nitrogens is 2. The standard InChI is InChI=1S/C19H19ClN4/c1-23-10-12-24(13-11-23)19-21-17-9-5-3-7-15(17)18(22-19)14-6-2-4-8-16(14)20/h2-9H,10-13H2,1H3. The zero-order valence-electron chi connectivity index (χ0n) is 13.6. The minimum Gasteiger partial charge on any atom is -0.338 e. The van der Waals surface area contributed by atoms with E-state index in [0.717, 1.165) is 54.3 Å². The predicted molar refractivity (Wildman–Crippen MR) is 99.7 cm³/mol. The van der Waals surface area contributed by atoms with Crippen LogP contribution in [-0.2, 0) is 0 Å². The number of fused-ring (bicyclic) bond motifs is 1. The highest BCUT2D eigenvalue weighted by Crippen LogP contribution is 2.32. The summed E-state index contributed by atoms with van der Waals surface area (Å²) in [4.78, 5) is 14.3. The average Bonchev–Trinajstić information content (AvgIpc) is 2.62. The molecule has 4 rings (SSSR count). The molecule has 3 aromatic rings. The first-order valence-corrected chi connectivity index (χ1v) is 8.55. The lowest BCUT2D eigenvalue weighted by atomic mass is 10.1. The number of hydrogen-bond donors (Lipinski definition) is 0. The highest BCUT2D eigenvalue weighted by molar-refractivity contribution is 6.33. The number of likely N-dealkylation sites (N-methyl/N-ethyl adjacent to an activating group) is 1. The molecular formula is C19H19ClN4. The van der Waals surface area contributed by atoms with Gasteiger partial charge in [-0.1, -0.05) is 48.0 Å². The Morgan fingerprint density at radius 3 is 2.38 bits per heavy atom. The minimum absolute atomic E-state index is 0.714. The summed E-state index contributed by atoms with van der Waals surface area (Å²) in [5.74, 6) is 0.789. The van der Waals surface area contributed by atoms with E-state index in [0.29, 0.717) is 5.02 Å². The van der Waals surface area contributed by atoms with Crippen LogP contribution in [0.4, 0.5) is 5.95 Å². The van der Waals surface area contributed by atoms with Gasteiger partial charge in [0, 0.05) is 42.2 Å². The topological polar surface area (TPSA) is 32.3 Å². The molecule has 1 saturated heterocycles. The Balaban J connectivity index is 1.87. The van der Waals surface area contributed by atoms with Crippen molar-refractivity contribution in [1.29, 1.82) is 0 Å². The van der Waals surface area contributed by atoms with Gasteiger partial charge in [0.05, 0.1) is 11.2 Å². The van der Waals surface area contributed by atoms with Gasteiger partial charge in [0.25, 0.3) is 0 Å². The summed E-state index contributed by atoms with van der Waals surface area (Å²) in [5.41, 5.74) is 2.81. The summed E-state index contributed by atoms with van der Waals surface area (Å²) in [5, 5.41) is 1.74. The van der Waals surface area contributed by atoms with E-state index in [1.54, 1.807) is 0 Å². The van der Waals surface area contributed by atoms with Gasteiger partial charge in [0.2, 0.25) is 5.95 Å². The zero-order chi connectivity index (χ0) is 16.5. The number of benzene rings is 2. The monoisotopic (exact) mass is 338 g/mol. The number of rotatable bonds is 2. The Bertz CT molecular complexity index is 872. The molecule has 1 aliphatic heterocycles. The van der Waals surface area contributed by atoms with Crippen LogP contribution in [0.5, 0.6) is 0 Å². The molecule has 0 bridgehead atoms. The molecule has 122 valence electrons. The van der Waals surface area contributed by atoms with Crippen LogP contribution >= 0.6 is 11.6 Å². The van der Waals surface area contributed by atoms with Crippen molar-refractivity contribution in [1.82, 2.24) is 14.9 Å². The largest absolute Gasteiger partial charge is 0.338 e. The van der Waals surface area contributed by atoms with Crippen LogP contribution in [0.1, 0.15) is 0 Å². The van der Waals surface area contributed by atoms with Crippen molar-refractivity contribution in [3.05, 3.63) is 53.6 Å². The van der Waals surface area contributed by atoms with Crippen LogP contribution in [0.25, 0.3) is 22.2 Å². The Morgan fingerprint density at radius 2 is 1.58 bits per heavy atom. The van der Waals surface area contributed by atoms with Gasteiger partial charge in [-0.2, -0.15) is 0 Å². The normalized spacial score (nSPS) is 15.8. The minimum atomic E-state index is 0.714. The highest BCUT2D eigenvalue weighted by Gasteiger charge is 2.19. The number of halogens is 1. The van der Waals surface area contributed by atoms with Crippen molar-refractivity contribution in [2.45, 2.75) is 0 Å². The van der Waals surface area contributed by atoms with Gasteiger partial charge in [-0.3, -0.25) is 0 Å². The second kappa shape index (κ2) is 6.38. The number of para-hydroxylation sites is 1. The lowest BCUT2D eigenvalue weighted by Gasteiger charge is -2.32. The van der Waals surface area contributed by atoms with Crippen molar-refractivity contribution in [3.8, 4) is 11.3 Å². The maximum Gasteiger partial charge on any atom is 0.226 e. The Morgan fingerprint density at radius 1 is 0.875 bits per heavy atom. The molecule has 1 fully saturated rings. The van der Waals surface area contributed by atoms with Gasteiger partial charge in [-0.05, 0) is 19.2 Å². The molecular weight excluding hydrogens is 320 g/mol. The lowest BCUT2D eigenvalue weighted by molar-refractivity contribution is 0.311. The molecule has 0 radical (unpaired) electrons. The maximum atomic E-state index is 6.44. The fourth-order valence-electron chi connectivity index (χ4n) is 3.07. The Hall–Kier alpha value is -2.17. The third-order valence-corrected chi connectivity index (χ3v) is 4.84. The number of anilines is 1. The van der Waals surface area contributed by atoms with Crippen molar-refractivity contribution in [2.75, 3.05) is 38.1 Å². The van der Waals surface area contributed by atoms with E-state index in [1.807, 2.05) is 42.5 Å². The fraction of sp³-hybridized carbons (Fsp3) is 0.263. The predicted octanol–water partition coefficient (Wildman–Crippen LogP) is 3.70. The summed E-state index contributed by atoms with van der Waals surface area (Å²) in [6, 6.07) is 16.0. The van der Waals surface area contributed by atoms with Gasteiger partial charge < -0.3 is 9.80 Å². The second-order valence-corrected chi connectivity index (χ2v) is 6.57. The van der Waals surface area contributed by atoms with E-state index in [1.165, 1.54) is 0 Å². The molecule has 0 N–H and O–H groups in total. The summed E-state index contributed by atoms with van der Waals surface area (Å²) >= 11 is 6.44. The Kier molecular flexibility index (Phi) is 4.08. The number of nitrogens with zero attached hydrogens (tertiary/aromatic N) is 4. The fourth-order valence-corrected chi connectivity index (χ4v) is 3.30. The molecule has 0 atom stereocenters. The first-order valence-electron chi connectivity index (χ1n) is 8.17. The van der Waals surface area contributed by atoms with Crippen LogP contribution in [0.2, 0.25) is 5.02 Å². The molecule has 4 nitrogen and oxygen atoms in total. The van der Waals surface area contributed by atoms with E-state index < -0.39 is 0 Å². The van der Waals surface area contributed by atoms with Crippen molar-refractivity contribution in [2.24, 2.45) is 0 Å². The number of piperazine rings is 1. The third-order valence-electron chi connectivity index (χ3n) is 4.51. The van der Waals surface area contributed by atoms with E-state index >= 15 is 0 Å². The van der Waals surface area contributed by atoms with E-state index in [9.17, 15) is 0 Å². The van der Waals surface area contributed by atoms with E-state index in [4.69, 9.17) is 21.6 Å². The van der Waals surface area contributed by atoms with Crippen molar-refractivity contribution >= 4 is 28.5 Å². The first-order chi connectivity index (χ1) is 11.7. The molecule has 1 aliphatic rings. The van der Waals surface area contributed by atoms with Gasteiger partial charge in [-0.15, -0.1) is 0 Å². The molecule has 0 spiro atoms. The van der Waals surface area contributed by atoms with E-state index in [-0.39, 0.29) is 0 Å². The SMILES string of the molecule is CN1CCN(c2nc(-c3ccccc3Cl)c3ccccc3n2)CC1. The van der Waals surface area contributed by atoms with Gasteiger partial charge in [-0.25, -0.2) is 9.97 Å². The molecule has 2 aromatic carbocycles. The van der Waals surface area contributed by atoms with Gasteiger partial charge in [0.15, 0.2) is 0 Å². The van der Waals surface area contributed by atoms with E-state index in [2.05, 4.69) is 22.9 Å². The molecule has 24 heavy (non-hydrogen) atoms. The lowest BCUT2D eigenvalue weighted by Crippen LogP contribution is -2.45. The zero-order valence-corrected chi connectivity index (χ0v) is 14.4. The van der Waals surface area contributed by atoms with Crippen LogP contribution in [-0.4, -0.2) is 48.1 Å². The summed E-state index contributed by atoms with van der Waals surface area (Å²) < 4.78 is 0. The van der Waals surface area contributed by atoms with Crippen LogP contribution in [0.15, 0.2) is 48.5 Å². The quantitative estimate of drug-likeness (QED) is 0.713. The molecule has 0 amide bonds. The number of hydrogen-bond acceptors (Lipinski definition) is 4. The summed E-state index contributed by atoms with van der Waals surface area (Å²) in [7, 11) is 2.15. The van der Waals surface area contributed by atoms with Crippen LogP contribution < -0.4 is 4.90 Å². The van der Waals surface area contributed by atoms with Crippen LogP contribution in [0.3, 0.4) is 0 Å². The molecule has 1 aromatic heterocycles.